The topological polar surface area (TPSA) is 113 Å². The number of hydrogen-bond acceptors (Lipinski definition) is 5. The highest BCUT2D eigenvalue weighted by atomic mass is 16.3. The Bertz CT molecular complexity index is 1210. The molecule has 0 aromatic heterocycles. The first-order valence-electron chi connectivity index (χ1n) is 12.8. The standard InChI is InChI=1S/C30H36N2O5/c1-18(2)17-22(31-24(34)16-15-23(33)20-11-7-5-8-12-20)30(37)32-27(19(3)4)29(36)26-25(28(26)35)21-13-9-6-10-14-21/h5-14,18-19,22,27,29,36H,15-17H2,1-4H3,(H,31,34)(H,32,37)/t22-,27-,29-/m0/s1. The van der Waals surface area contributed by atoms with Gasteiger partial charge in [-0.15, -0.1) is 0 Å². The van der Waals surface area contributed by atoms with Crippen LogP contribution in [0.2, 0.25) is 0 Å². The Morgan fingerprint density at radius 3 is 2.00 bits per heavy atom. The predicted molar refractivity (Wildman–Crippen MR) is 144 cm³/mol. The summed E-state index contributed by atoms with van der Waals surface area (Å²) in [5.41, 5.74) is 1.88. The van der Waals surface area contributed by atoms with Gasteiger partial charge in [0.1, 0.15) is 12.1 Å². The van der Waals surface area contributed by atoms with E-state index in [9.17, 15) is 24.3 Å². The number of aliphatic hydroxyl groups is 1. The van der Waals surface area contributed by atoms with E-state index < -0.39 is 30.0 Å². The molecule has 0 aliphatic heterocycles. The van der Waals surface area contributed by atoms with Crippen LogP contribution in [0.5, 0.6) is 0 Å². The van der Waals surface area contributed by atoms with Crippen LogP contribution in [0.4, 0.5) is 0 Å². The molecule has 0 aliphatic rings. The number of aliphatic hydroxyl groups excluding tert-OH is 1. The van der Waals surface area contributed by atoms with Crippen molar-refractivity contribution in [2.75, 3.05) is 0 Å². The highest BCUT2D eigenvalue weighted by Crippen LogP contribution is 2.33. The molecule has 7 heteroatoms. The van der Waals surface area contributed by atoms with Crippen LogP contribution < -0.4 is 16.1 Å². The number of rotatable bonds is 13. The molecule has 37 heavy (non-hydrogen) atoms. The van der Waals surface area contributed by atoms with Crippen LogP contribution in [0.3, 0.4) is 0 Å². The van der Waals surface area contributed by atoms with Gasteiger partial charge in [-0.05, 0) is 23.8 Å². The summed E-state index contributed by atoms with van der Waals surface area (Å²) >= 11 is 0. The van der Waals surface area contributed by atoms with Gasteiger partial charge in [0, 0.05) is 29.5 Å². The molecule has 0 bridgehead atoms. The second kappa shape index (κ2) is 12.6. The van der Waals surface area contributed by atoms with Gasteiger partial charge in [-0.2, -0.15) is 0 Å². The van der Waals surface area contributed by atoms with Crippen LogP contribution in [-0.2, 0) is 9.59 Å². The molecule has 0 saturated heterocycles. The lowest BCUT2D eigenvalue weighted by Gasteiger charge is -2.29. The fourth-order valence-electron chi connectivity index (χ4n) is 4.38. The van der Waals surface area contributed by atoms with E-state index in [1.54, 1.807) is 24.3 Å². The van der Waals surface area contributed by atoms with Crippen LogP contribution in [0.1, 0.15) is 69.0 Å². The van der Waals surface area contributed by atoms with Crippen LogP contribution >= 0.6 is 0 Å². The van der Waals surface area contributed by atoms with Crippen molar-refractivity contribution in [3.63, 3.8) is 0 Å². The SMILES string of the molecule is CC(C)C[C@H](NC(=O)CCC(=O)c1ccccc1)C(=O)N[C@@H](C(C)C)[C@@H](O)c1c(-c2ccccc2)c1=O. The first kappa shape index (κ1) is 28.0. The molecule has 3 rings (SSSR count). The zero-order chi connectivity index (χ0) is 27.1. The maximum absolute atomic E-state index is 13.3. The summed E-state index contributed by atoms with van der Waals surface area (Å²) in [6, 6.07) is 16.4. The molecule has 0 aliphatic carbocycles. The third-order valence-electron chi connectivity index (χ3n) is 6.44. The van der Waals surface area contributed by atoms with Gasteiger partial charge in [0.25, 0.3) is 0 Å². The molecule has 2 amide bonds. The Morgan fingerprint density at radius 2 is 1.43 bits per heavy atom. The van der Waals surface area contributed by atoms with Crippen molar-refractivity contribution in [1.29, 1.82) is 0 Å². The Kier molecular flexibility index (Phi) is 9.53. The number of carbonyl (C=O) groups excluding carboxylic acids is 3. The molecule has 3 N–H and O–H groups in total. The molecule has 0 unspecified atom stereocenters. The third-order valence-corrected chi connectivity index (χ3v) is 6.44. The fraction of sp³-hybridized carbons (Fsp3) is 0.400. The molecule has 3 aromatic carbocycles. The lowest BCUT2D eigenvalue weighted by atomic mass is 9.94. The maximum atomic E-state index is 13.3. The molecular weight excluding hydrogens is 468 g/mol. The van der Waals surface area contributed by atoms with Crippen LogP contribution in [-0.4, -0.2) is 34.8 Å². The number of carbonyl (C=O) groups is 3. The quantitative estimate of drug-likeness (QED) is 0.305. The van der Waals surface area contributed by atoms with E-state index in [1.165, 1.54) is 0 Å². The lowest BCUT2D eigenvalue weighted by Crippen LogP contribution is -2.52. The maximum Gasteiger partial charge on any atom is 0.242 e. The highest BCUT2D eigenvalue weighted by molar-refractivity contribution is 5.98. The average Bonchev–Trinajstić information content (AvgIpc) is 3.56. The van der Waals surface area contributed by atoms with E-state index >= 15 is 0 Å². The Hall–Kier alpha value is -3.58. The summed E-state index contributed by atoms with van der Waals surface area (Å²) in [5.74, 6) is -1.01. The van der Waals surface area contributed by atoms with Crippen LogP contribution in [0, 0.1) is 11.8 Å². The van der Waals surface area contributed by atoms with Crippen molar-refractivity contribution in [2.45, 2.75) is 65.1 Å². The molecule has 196 valence electrons. The Morgan fingerprint density at radius 1 is 0.838 bits per heavy atom. The van der Waals surface area contributed by atoms with Crippen molar-refractivity contribution in [1.82, 2.24) is 10.6 Å². The van der Waals surface area contributed by atoms with Gasteiger partial charge < -0.3 is 15.7 Å². The summed E-state index contributed by atoms with van der Waals surface area (Å²) in [4.78, 5) is 50.8. The van der Waals surface area contributed by atoms with E-state index in [-0.39, 0.29) is 35.9 Å². The third kappa shape index (κ3) is 7.46. The lowest BCUT2D eigenvalue weighted by molar-refractivity contribution is -0.130. The molecule has 7 nitrogen and oxygen atoms in total. The van der Waals surface area contributed by atoms with Crippen molar-refractivity contribution < 1.29 is 19.5 Å². The minimum Gasteiger partial charge on any atom is -0.386 e. The number of benzene rings is 2. The van der Waals surface area contributed by atoms with Crippen LogP contribution in [0.25, 0.3) is 11.1 Å². The molecule has 3 aromatic rings. The number of nitrogens with one attached hydrogen (secondary N) is 2. The molecule has 0 radical (unpaired) electrons. The average molecular weight is 505 g/mol. The minimum absolute atomic E-state index is 0.0341. The second-order valence-corrected chi connectivity index (χ2v) is 10.2. The summed E-state index contributed by atoms with van der Waals surface area (Å²) in [5, 5.41) is 16.7. The predicted octanol–water partition coefficient (Wildman–Crippen LogP) is 3.96. The minimum atomic E-state index is -1.16. The van der Waals surface area contributed by atoms with E-state index in [0.29, 0.717) is 23.1 Å². The number of Topliss-reactive ketones (excluding diaryl/α,β-unsaturated/α-hetero) is 1. The van der Waals surface area contributed by atoms with Gasteiger partial charge in [-0.3, -0.25) is 19.2 Å². The summed E-state index contributed by atoms with van der Waals surface area (Å²) in [6.07, 6.45) is -0.765. The summed E-state index contributed by atoms with van der Waals surface area (Å²) in [6.45, 7) is 7.60. The molecule has 0 fully saturated rings. The van der Waals surface area contributed by atoms with Gasteiger partial charge in [0.2, 0.25) is 11.8 Å². The Labute approximate surface area is 218 Å². The molecule has 0 spiro atoms. The second-order valence-electron chi connectivity index (χ2n) is 10.2. The fourth-order valence-corrected chi connectivity index (χ4v) is 4.38. The monoisotopic (exact) mass is 504 g/mol. The van der Waals surface area contributed by atoms with Crippen molar-refractivity contribution in [2.24, 2.45) is 11.8 Å². The molecule has 0 saturated carbocycles. The van der Waals surface area contributed by atoms with E-state index in [4.69, 9.17) is 0 Å². The zero-order valence-corrected chi connectivity index (χ0v) is 21.9. The largest absolute Gasteiger partial charge is 0.386 e. The molecule has 0 heterocycles. The Balaban J connectivity index is 1.65. The molecule has 3 atom stereocenters. The normalized spacial score (nSPS) is 13.9. The highest BCUT2D eigenvalue weighted by Gasteiger charge is 2.37. The number of amides is 2. The molecular formula is C30H36N2O5. The van der Waals surface area contributed by atoms with Crippen molar-refractivity contribution in [3.8, 4) is 11.1 Å². The first-order chi connectivity index (χ1) is 17.6. The van der Waals surface area contributed by atoms with Gasteiger partial charge in [0.15, 0.2) is 11.2 Å². The van der Waals surface area contributed by atoms with Gasteiger partial charge in [-0.25, -0.2) is 0 Å². The van der Waals surface area contributed by atoms with E-state index in [2.05, 4.69) is 10.6 Å². The zero-order valence-electron chi connectivity index (χ0n) is 21.9. The number of hydrogen-bond donors (Lipinski definition) is 3. The van der Waals surface area contributed by atoms with E-state index in [1.807, 2.05) is 64.1 Å². The smallest absolute Gasteiger partial charge is 0.242 e. The van der Waals surface area contributed by atoms with Gasteiger partial charge in [0.05, 0.1) is 6.04 Å². The van der Waals surface area contributed by atoms with Crippen molar-refractivity contribution >= 4 is 17.6 Å². The number of ketones is 1. The first-order valence-corrected chi connectivity index (χ1v) is 12.8. The van der Waals surface area contributed by atoms with E-state index in [0.717, 1.165) is 5.56 Å². The van der Waals surface area contributed by atoms with Crippen molar-refractivity contribution in [3.05, 3.63) is 82.0 Å². The van der Waals surface area contributed by atoms with Crippen LogP contribution in [0.15, 0.2) is 65.5 Å². The summed E-state index contributed by atoms with van der Waals surface area (Å²) < 4.78 is 0. The van der Waals surface area contributed by atoms with Gasteiger partial charge >= 0.3 is 0 Å². The van der Waals surface area contributed by atoms with Gasteiger partial charge in [-0.1, -0.05) is 88.4 Å². The summed E-state index contributed by atoms with van der Waals surface area (Å²) in [7, 11) is 0.